The van der Waals surface area contributed by atoms with Gasteiger partial charge in [0.15, 0.2) is 5.60 Å². The Morgan fingerprint density at radius 3 is 2.34 bits per heavy atom. The summed E-state index contributed by atoms with van der Waals surface area (Å²) in [6.07, 6.45) is -4.75. The number of rotatable bonds is 6. The highest BCUT2D eigenvalue weighted by atomic mass is 19.4. The topological polar surface area (TPSA) is 82.3 Å². The van der Waals surface area contributed by atoms with Crippen molar-refractivity contribution in [3.8, 4) is 11.8 Å². The van der Waals surface area contributed by atoms with Crippen molar-refractivity contribution in [3.05, 3.63) is 59.2 Å². The van der Waals surface area contributed by atoms with Crippen LogP contribution in [0.4, 0.5) is 18.9 Å². The van der Waals surface area contributed by atoms with Gasteiger partial charge in [-0.3, -0.25) is 4.79 Å². The summed E-state index contributed by atoms with van der Waals surface area (Å²) in [4.78, 5) is 12.3. The summed E-state index contributed by atoms with van der Waals surface area (Å²) in [6, 6.07) is 11.4. The maximum absolute atomic E-state index is 13.0. The molecule has 2 aromatic carbocycles. The van der Waals surface area contributed by atoms with Gasteiger partial charge < -0.3 is 15.2 Å². The SMILES string of the molecule is CC(C)c1ccc(OC[C@](C)(O)C(=O)Nc2ccc(C#N)c(C(F)(F)F)c2)cc1. The number of nitrogens with one attached hydrogen (secondary N) is 1. The van der Waals surface area contributed by atoms with Gasteiger partial charge in [-0.1, -0.05) is 26.0 Å². The van der Waals surface area contributed by atoms with Gasteiger partial charge >= 0.3 is 6.18 Å². The molecule has 2 rings (SSSR count). The number of anilines is 1. The lowest BCUT2D eigenvalue weighted by Crippen LogP contribution is -2.45. The van der Waals surface area contributed by atoms with Gasteiger partial charge in [0.2, 0.25) is 0 Å². The second-order valence-corrected chi connectivity index (χ2v) is 7.11. The van der Waals surface area contributed by atoms with Gasteiger partial charge in [0.25, 0.3) is 5.91 Å². The highest BCUT2D eigenvalue weighted by molar-refractivity contribution is 5.97. The van der Waals surface area contributed by atoms with Crippen molar-refractivity contribution in [2.75, 3.05) is 11.9 Å². The lowest BCUT2D eigenvalue weighted by molar-refractivity contribution is -0.138. The predicted molar refractivity (Wildman–Crippen MR) is 101 cm³/mol. The molecule has 2 N–H and O–H groups in total. The number of carbonyl (C=O) groups excluding carboxylic acids is 1. The van der Waals surface area contributed by atoms with Crippen LogP contribution in [0.3, 0.4) is 0 Å². The molecule has 0 aromatic heterocycles. The van der Waals surface area contributed by atoms with Crippen molar-refractivity contribution < 1.29 is 27.8 Å². The number of hydrogen-bond acceptors (Lipinski definition) is 4. The van der Waals surface area contributed by atoms with E-state index in [9.17, 15) is 23.1 Å². The lowest BCUT2D eigenvalue weighted by Gasteiger charge is -2.23. The smallest absolute Gasteiger partial charge is 0.417 e. The molecule has 1 atom stereocenters. The van der Waals surface area contributed by atoms with E-state index in [0.717, 1.165) is 17.7 Å². The molecule has 1 amide bonds. The average molecular weight is 406 g/mol. The van der Waals surface area contributed by atoms with E-state index in [2.05, 4.69) is 5.32 Å². The largest absolute Gasteiger partial charge is 0.490 e. The second kappa shape index (κ2) is 8.53. The fraction of sp³-hybridized carbons (Fsp3) is 0.333. The number of amides is 1. The second-order valence-electron chi connectivity index (χ2n) is 7.11. The molecule has 0 heterocycles. The molecule has 0 bridgehead atoms. The summed E-state index contributed by atoms with van der Waals surface area (Å²) in [7, 11) is 0. The van der Waals surface area contributed by atoms with E-state index in [1.807, 2.05) is 26.0 Å². The number of hydrogen-bond donors (Lipinski definition) is 2. The number of ether oxygens (including phenoxy) is 1. The Labute approximate surface area is 166 Å². The molecule has 5 nitrogen and oxygen atoms in total. The summed E-state index contributed by atoms with van der Waals surface area (Å²) in [5.41, 5.74) is -2.82. The van der Waals surface area contributed by atoms with Crippen LogP contribution in [0, 0.1) is 11.3 Å². The number of benzene rings is 2. The minimum Gasteiger partial charge on any atom is -0.490 e. The monoisotopic (exact) mass is 406 g/mol. The number of aliphatic hydroxyl groups is 1. The minimum atomic E-state index is -4.75. The third-order valence-electron chi connectivity index (χ3n) is 4.26. The van der Waals surface area contributed by atoms with Gasteiger partial charge in [-0.25, -0.2) is 0 Å². The summed E-state index contributed by atoms with van der Waals surface area (Å²) >= 11 is 0. The van der Waals surface area contributed by atoms with E-state index in [0.29, 0.717) is 17.7 Å². The van der Waals surface area contributed by atoms with Gasteiger partial charge in [-0.2, -0.15) is 18.4 Å². The molecule has 0 saturated heterocycles. The third-order valence-corrected chi connectivity index (χ3v) is 4.26. The summed E-state index contributed by atoms with van der Waals surface area (Å²) in [6.45, 7) is 4.87. The van der Waals surface area contributed by atoms with Crippen molar-refractivity contribution in [2.45, 2.75) is 38.5 Å². The van der Waals surface area contributed by atoms with Crippen molar-refractivity contribution in [1.29, 1.82) is 5.26 Å². The summed E-state index contributed by atoms with van der Waals surface area (Å²) in [5.74, 6) is -0.152. The quantitative estimate of drug-likeness (QED) is 0.742. The van der Waals surface area contributed by atoms with Crippen LogP contribution in [0.25, 0.3) is 0 Å². The number of nitrogens with zero attached hydrogens (tertiary/aromatic N) is 1. The van der Waals surface area contributed by atoms with Crippen molar-refractivity contribution in [3.63, 3.8) is 0 Å². The fourth-order valence-electron chi connectivity index (χ4n) is 2.46. The first-order valence-corrected chi connectivity index (χ1v) is 8.82. The van der Waals surface area contributed by atoms with Crippen molar-refractivity contribution in [1.82, 2.24) is 0 Å². The van der Waals surface area contributed by atoms with Crippen LogP contribution in [-0.2, 0) is 11.0 Å². The summed E-state index contributed by atoms with van der Waals surface area (Å²) < 4.78 is 44.6. The Morgan fingerprint density at radius 2 is 1.83 bits per heavy atom. The minimum absolute atomic E-state index is 0.192. The zero-order valence-corrected chi connectivity index (χ0v) is 16.2. The Balaban J connectivity index is 2.08. The Hall–Kier alpha value is -3.05. The lowest BCUT2D eigenvalue weighted by atomic mass is 10.0. The van der Waals surface area contributed by atoms with Crippen LogP contribution in [0.5, 0.6) is 5.75 Å². The highest BCUT2D eigenvalue weighted by Gasteiger charge is 2.35. The molecule has 2 aromatic rings. The van der Waals surface area contributed by atoms with Gasteiger partial charge in [-0.05, 0) is 48.7 Å². The Kier molecular flexibility index (Phi) is 6.55. The van der Waals surface area contributed by atoms with Crippen molar-refractivity contribution in [2.24, 2.45) is 0 Å². The third kappa shape index (κ3) is 5.72. The van der Waals surface area contributed by atoms with Crippen LogP contribution in [0.1, 0.15) is 43.4 Å². The van der Waals surface area contributed by atoms with Gasteiger partial charge in [-0.15, -0.1) is 0 Å². The van der Waals surface area contributed by atoms with E-state index in [1.54, 1.807) is 12.1 Å². The van der Waals surface area contributed by atoms with Gasteiger partial charge in [0, 0.05) is 5.69 Å². The molecule has 154 valence electrons. The average Bonchev–Trinajstić information content (AvgIpc) is 2.66. The molecule has 0 aliphatic carbocycles. The normalized spacial score (nSPS) is 13.5. The van der Waals surface area contributed by atoms with E-state index < -0.39 is 35.4 Å². The molecule has 0 unspecified atom stereocenters. The van der Waals surface area contributed by atoms with E-state index >= 15 is 0 Å². The van der Waals surface area contributed by atoms with Crippen molar-refractivity contribution >= 4 is 11.6 Å². The van der Waals surface area contributed by atoms with E-state index in [4.69, 9.17) is 10.00 Å². The predicted octanol–water partition coefficient (Wildman–Crippen LogP) is 4.47. The Morgan fingerprint density at radius 1 is 1.21 bits per heavy atom. The first-order chi connectivity index (χ1) is 13.4. The van der Waals surface area contributed by atoms with Crippen LogP contribution in [0.15, 0.2) is 42.5 Å². The first-order valence-electron chi connectivity index (χ1n) is 8.82. The highest BCUT2D eigenvalue weighted by Crippen LogP contribution is 2.33. The maximum Gasteiger partial charge on any atom is 0.417 e. The molecular weight excluding hydrogens is 385 g/mol. The molecule has 29 heavy (non-hydrogen) atoms. The standard InChI is InChI=1S/C21H21F3N2O3/c1-13(2)14-5-8-17(9-6-14)29-12-20(3,28)19(27)26-16-7-4-15(11-25)18(10-16)21(22,23)24/h4-10,13,28H,12H2,1-3H3,(H,26,27)/t20-/m0/s1. The van der Waals surface area contributed by atoms with Crippen LogP contribution in [-0.4, -0.2) is 23.2 Å². The number of carbonyl (C=O) groups is 1. The first kappa shape index (κ1) is 22.2. The molecule has 0 spiro atoms. The van der Waals surface area contributed by atoms with E-state index in [-0.39, 0.29) is 5.69 Å². The maximum atomic E-state index is 13.0. The molecule has 0 radical (unpaired) electrons. The van der Waals surface area contributed by atoms with Crippen LogP contribution >= 0.6 is 0 Å². The molecule has 0 aliphatic heterocycles. The number of nitriles is 1. The van der Waals surface area contributed by atoms with Crippen LogP contribution < -0.4 is 10.1 Å². The van der Waals surface area contributed by atoms with E-state index in [1.165, 1.54) is 13.0 Å². The zero-order chi connectivity index (χ0) is 21.8. The molecule has 0 aliphatic rings. The molecule has 0 saturated carbocycles. The molecule has 0 fully saturated rings. The zero-order valence-electron chi connectivity index (χ0n) is 16.2. The Bertz CT molecular complexity index is 914. The number of alkyl halides is 3. The van der Waals surface area contributed by atoms with Crippen LogP contribution in [0.2, 0.25) is 0 Å². The summed E-state index contributed by atoms with van der Waals surface area (Å²) in [5, 5.41) is 21.4. The molecular formula is C21H21F3N2O3. The van der Waals surface area contributed by atoms with Gasteiger partial charge in [0.05, 0.1) is 17.2 Å². The molecule has 8 heteroatoms. The number of halogens is 3. The van der Waals surface area contributed by atoms with Gasteiger partial charge in [0.1, 0.15) is 12.4 Å². The fourth-order valence-corrected chi connectivity index (χ4v) is 2.46.